The maximum absolute atomic E-state index is 13.1. The van der Waals surface area contributed by atoms with Gasteiger partial charge in [-0.15, -0.1) is 0 Å². The van der Waals surface area contributed by atoms with Gasteiger partial charge in [0.15, 0.2) is 5.78 Å². The Kier molecular flexibility index (Phi) is 8.93. The molecule has 198 valence electrons. The van der Waals surface area contributed by atoms with Crippen molar-refractivity contribution in [3.63, 3.8) is 0 Å². The summed E-state index contributed by atoms with van der Waals surface area (Å²) in [5.74, 6) is 0.292. The molecule has 0 unspecified atom stereocenters. The molecule has 10 nitrogen and oxygen atoms in total. The maximum Gasteiger partial charge on any atom is 0.413 e. The van der Waals surface area contributed by atoms with E-state index < -0.39 is 16.1 Å². The van der Waals surface area contributed by atoms with Gasteiger partial charge < -0.3 is 15.2 Å². The molecule has 12 heteroatoms. The number of carbonyl (C=O) groups is 2. The lowest BCUT2D eigenvalue weighted by atomic mass is 10.1. The Balaban J connectivity index is 1.18. The van der Waals surface area contributed by atoms with Gasteiger partial charge in [0.1, 0.15) is 17.3 Å². The van der Waals surface area contributed by atoms with Crippen LogP contribution in [0, 0.1) is 0 Å². The topological polar surface area (TPSA) is 129 Å². The SMILES string of the molecule is O=C(CNCc1ccc(C2=NCCN2C(=O)O)cc1)COCCN(C1CC1)S(=O)(=O)c1ccccc1Cl. The van der Waals surface area contributed by atoms with E-state index in [4.69, 9.17) is 16.3 Å². The summed E-state index contributed by atoms with van der Waals surface area (Å²) in [5, 5.41) is 12.5. The zero-order valence-electron chi connectivity index (χ0n) is 20.2. The van der Waals surface area contributed by atoms with E-state index in [2.05, 4.69) is 10.3 Å². The average Bonchev–Trinajstić information content (AvgIpc) is 3.58. The van der Waals surface area contributed by atoms with Crippen molar-refractivity contribution in [3.8, 4) is 0 Å². The monoisotopic (exact) mass is 548 g/mol. The smallest absolute Gasteiger partial charge is 0.413 e. The van der Waals surface area contributed by atoms with Crippen molar-refractivity contribution in [2.45, 2.75) is 30.3 Å². The number of ether oxygens (including phenoxy) is 1. The lowest BCUT2D eigenvalue weighted by Crippen LogP contribution is -2.36. The number of hydrogen-bond donors (Lipinski definition) is 2. The molecule has 2 aliphatic rings. The van der Waals surface area contributed by atoms with E-state index in [1.807, 2.05) is 24.3 Å². The van der Waals surface area contributed by atoms with Crippen LogP contribution in [-0.4, -0.2) is 85.9 Å². The highest BCUT2D eigenvalue weighted by molar-refractivity contribution is 7.89. The minimum Gasteiger partial charge on any atom is -0.465 e. The van der Waals surface area contributed by atoms with Gasteiger partial charge >= 0.3 is 6.09 Å². The molecule has 0 bridgehead atoms. The van der Waals surface area contributed by atoms with Crippen LogP contribution in [0.2, 0.25) is 5.02 Å². The lowest BCUT2D eigenvalue weighted by Gasteiger charge is -2.22. The molecule has 2 aromatic rings. The molecule has 0 atom stereocenters. The molecule has 2 N–H and O–H groups in total. The van der Waals surface area contributed by atoms with Gasteiger partial charge in [-0.25, -0.2) is 13.2 Å². The Labute approximate surface area is 220 Å². The second-order valence-corrected chi connectivity index (χ2v) is 11.1. The van der Waals surface area contributed by atoms with Crippen molar-refractivity contribution in [2.24, 2.45) is 4.99 Å². The maximum atomic E-state index is 13.1. The number of sulfonamides is 1. The van der Waals surface area contributed by atoms with Crippen LogP contribution in [-0.2, 0) is 26.1 Å². The minimum absolute atomic E-state index is 0.0680. The van der Waals surface area contributed by atoms with Crippen LogP contribution in [0.15, 0.2) is 58.4 Å². The number of ketones is 1. The van der Waals surface area contributed by atoms with Crippen molar-refractivity contribution < 1.29 is 27.9 Å². The molecule has 1 amide bonds. The molecule has 1 saturated carbocycles. The second-order valence-electron chi connectivity index (χ2n) is 8.81. The fraction of sp³-hybridized carbons (Fsp3) is 0.400. The Morgan fingerprint density at radius 3 is 2.57 bits per heavy atom. The van der Waals surface area contributed by atoms with Crippen LogP contribution in [0.4, 0.5) is 4.79 Å². The van der Waals surface area contributed by atoms with Crippen LogP contribution in [0.25, 0.3) is 0 Å². The minimum atomic E-state index is -3.75. The van der Waals surface area contributed by atoms with E-state index in [0.29, 0.717) is 25.5 Å². The number of carbonyl (C=O) groups excluding carboxylic acids is 1. The molecule has 0 saturated heterocycles. The zero-order valence-corrected chi connectivity index (χ0v) is 21.7. The predicted octanol–water partition coefficient (Wildman–Crippen LogP) is 2.61. The number of amidine groups is 1. The summed E-state index contributed by atoms with van der Waals surface area (Å²) in [6.07, 6.45) is 0.559. The van der Waals surface area contributed by atoms with Gasteiger partial charge in [-0.05, 0) is 30.5 Å². The number of hydrogen-bond acceptors (Lipinski definition) is 7. The normalized spacial score (nSPS) is 15.7. The van der Waals surface area contributed by atoms with E-state index in [1.54, 1.807) is 18.2 Å². The number of carboxylic acid groups (broad SMARTS) is 1. The van der Waals surface area contributed by atoms with E-state index in [-0.39, 0.29) is 48.0 Å². The summed E-state index contributed by atoms with van der Waals surface area (Å²) >= 11 is 6.11. The highest BCUT2D eigenvalue weighted by atomic mass is 35.5. The Hall–Kier alpha value is -2.83. The molecule has 4 rings (SSSR count). The molecule has 37 heavy (non-hydrogen) atoms. The molecule has 0 aromatic heterocycles. The summed E-state index contributed by atoms with van der Waals surface area (Å²) in [4.78, 5) is 29.1. The Morgan fingerprint density at radius 1 is 1.16 bits per heavy atom. The van der Waals surface area contributed by atoms with Crippen molar-refractivity contribution >= 4 is 39.3 Å². The third-order valence-corrected chi connectivity index (χ3v) is 8.48. The number of amides is 1. The van der Waals surface area contributed by atoms with E-state index in [1.165, 1.54) is 15.3 Å². The molecule has 1 aliphatic heterocycles. The van der Waals surface area contributed by atoms with Crippen LogP contribution >= 0.6 is 11.6 Å². The predicted molar refractivity (Wildman–Crippen MR) is 138 cm³/mol. The number of halogens is 1. The molecule has 1 aliphatic carbocycles. The summed E-state index contributed by atoms with van der Waals surface area (Å²) in [6.45, 7) is 1.49. The number of Topliss-reactive ketones (excluding diaryl/α,β-unsaturated/α-hetero) is 1. The van der Waals surface area contributed by atoms with Gasteiger partial charge in [0.05, 0.1) is 31.3 Å². The first kappa shape index (κ1) is 27.2. The van der Waals surface area contributed by atoms with Crippen LogP contribution < -0.4 is 5.32 Å². The largest absolute Gasteiger partial charge is 0.465 e. The molecular weight excluding hydrogens is 520 g/mol. The molecule has 0 radical (unpaired) electrons. The highest BCUT2D eigenvalue weighted by Crippen LogP contribution is 2.33. The van der Waals surface area contributed by atoms with Gasteiger partial charge in [0.2, 0.25) is 10.0 Å². The van der Waals surface area contributed by atoms with E-state index in [0.717, 1.165) is 24.0 Å². The first-order chi connectivity index (χ1) is 17.8. The first-order valence-electron chi connectivity index (χ1n) is 12.0. The van der Waals surface area contributed by atoms with Crippen molar-refractivity contribution in [3.05, 3.63) is 64.7 Å². The molecule has 0 spiro atoms. The standard InChI is InChI=1S/C25H29ClN4O6S/c26-22-3-1-2-4-23(22)37(34,35)30(20-9-10-20)13-14-36-17-21(31)16-27-15-18-5-7-19(8-6-18)24-28-11-12-29(24)25(32)33/h1-8,20,27H,9-17H2,(H,32,33). The Bertz CT molecular complexity index is 1260. The summed E-state index contributed by atoms with van der Waals surface area (Å²) in [7, 11) is -3.75. The Morgan fingerprint density at radius 2 is 1.89 bits per heavy atom. The van der Waals surface area contributed by atoms with Crippen LogP contribution in [0.3, 0.4) is 0 Å². The van der Waals surface area contributed by atoms with Crippen LogP contribution in [0.5, 0.6) is 0 Å². The van der Waals surface area contributed by atoms with E-state index in [9.17, 15) is 23.1 Å². The van der Waals surface area contributed by atoms with Crippen molar-refractivity contribution in [1.29, 1.82) is 0 Å². The number of rotatable bonds is 13. The van der Waals surface area contributed by atoms with Gasteiger partial charge in [0.25, 0.3) is 0 Å². The van der Waals surface area contributed by atoms with Gasteiger partial charge in [0, 0.05) is 24.7 Å². The van der Waals surface area contributed by atoms with Crippen LogP contribution in [0.1, 0.15) is 24.0 Å². The average molecular weight is 549 g/mol. The molecular formula is C25H29ClN4O6S. The summed E-state index contributed by atoms with van der Waals surface area (Å²) in [5.41, 5.74) is 1.66. The van der Waals surface area contributed by atoms with Gasteiger partial charge in [-0.1, -0.05) is 48.0 Å². The zero-order chi connectivity index (χ0) is 26.4. The third-order valence-electron chi connectivity index (χ3n) is 6.03. The third kappa shape index (κ3) is 6.93. The molecule has 1 fully saturated rings. The summed E-state index contributed by atoms with van der Waals surface area (Å²) < 4.78 is 33.0. The molecule has 1 heterocycles. The van der Waals surface area contributed by atoms with Gasteiger partial charge in [-0.3, -0.25) is 14.7 Å². The number of nitrogens with one attached hydrogen (secondary N) is 1. The number of aliphatic imine (C=N–C) groups is 1. The number of nitrogens with zero attached hydrogens (tertiary/aromatic N) is 3. The lowest BCUT2D eigenvalue weighted by molar-refractivity contribution is -0.122. The fourth-order valence-electron chi connectivity index (χ4n) is 4.03. The second kappa shape index (κ2) is 12.1. The molecule has 2 aromatic carbocycles. The van der Waals surface area contributed by atoms with Crippen molar-refractivity contribution in [2.75, 3.05) is 39.4 Å². The van der Waals surface area contributed by atoms with E-state index >= 15 is 0 Å². The van der Waals surface area contributed by atoms with Crippen molar-refractivity contribution in [1.82, 2.24) is 14.5 Å². The highest BCUT2D eigenvalue weighted by Gasteiger charge is 2.38. The number of benzene rings is 2. The fourth-order valence-corrected chi connectivity index (χ4v) is 6.20. The van der Waals surface area contributed by atoms with Gasteiger partial charge in [-0.2, -0.15) is 4.31 Å². The summed E-state index contributed by atoms with van der Waals surface area (Å²) in [6, 6.07) is 13.6. The quantitative estimate of drug-likeness (QED) is 0.368. The first-order valence-corrected chi connectivity index (χ1v) is 13.8.